The molecule has 5 heteroatoms. The van der Waals surface area contributed by atoms with Crippen LogP contribution in [0.2, 0.25) is 0 Å². The van der Waals surface area contributed by atoms with Crippen molar-refractivity contribution in [2.24, 2.45) is 0 Å². The van der Waals surface area contributed by atoms with Crippen molar-refractivity contribution >= 4 is 16.6 Å². The van der Waals surface area contributed by atoms with Crippen LogP contribution in [0, 0.1) is 6.92 Å². The molecule has 4 heterocycles. The molecule has 0 N–H and O–H groups in total. The van der Waals surface area contributed by atoms with Crippen LogP contribution in [0.3, 0.4) is 0 Å². The number of rotatable bonds is 1. The Kier molecular flexibility index (Phi) is 2.26. The molecular formula is C15H11N5. The van der Waals surface area contributed by atoms with E-state index in [2.05, 4.69) is 20.1 Å². The second kappa shape index (κ2) is 4.09. The minimum Gasteiger partial charge on any atom is -0.255 e. The number of hydrogen-bond acceptors (Lipinski definition) is 4. The van der Waals surface area contributed by atoms with Gasteiger partial charge in [-0.25, -0.2) is 14.5 Å². The SMILES string of the molecule is Cc1ncc2c(-c3ccc4ncccc4n3)ccn2n1. The molecule has 0 spiro atoms. The summed E-state index contributed by atoms with van der Waals surface area (Å²) in [5.74, 6) is 0.746. The maximum Gasteiger partial charge on any atom is 0.146 e. The third-order valence-corrected chi connectivity index (χ3v) is 3.26. The molecule has 0 unspecified atom stereocenters. The number of hydrogen-bond donors (Lipinski definition) is 0. The first-order valence-electron chi connectivity index (χ1n) is 6.34. The number of pyridine rings is 2. The van der Waals surface area contributed by atoms with Gasteiger partial charge in [0, 0.05) is 18.0 Å². The third kappa shape index (κ3) is 1.64. The molecule has 0 aliphatic heterocycles. The van der Waals surface area contributed by atoms with E-state index in [1.165, 1.54) is 0 Å². The molecule has 0 radical (unpaired) electrons. The number of aromatic nitrogens is 5. The molecule has 5 nitrogen and oxygen atoms in total. The van der Waals surface area contributed by atoms with Gasteiger partial charge < -0.3 is 0 Å². The highest BCUT2D eigenvalue weighted by Gasteiger charge is 2.08. The van der Waals surface area contributed by atoms with Crippen molar-refractivity contribution in [3.8, 4) is 11.3 Å². The molecule has 0 aliphatic carbocycles. The highest BCUT2D eigenvalue weighted by molar-refractivity contribution is 5.83. The minimum atomic E-state index is 0.746. The van der Waals surface area contributed by atoms with Crippen LogP contribution in [-0.2, 0) is 0 Å². The summed E-state index contributed by atoms with van der Waals surface area (Å²) in [4.78, 5) is 13.2. The molecule has 4 rings (SSSR count). The Hall–Kier alpha value is -2.82. The lowest BCUT2D eigenvalue weighted by molar-refractivity contribution is 0.857. The highest BCUT2D eigenvalue weighted by atomic mass is 15.2. The Morgan fingerprint density at radius 3 is 2.90 bits per heavy atom. The Morgan fingerprint density at radius 2 is 1.95 bits per heavy atom. The summed E-state index contributed by atoms with van der Waals surface area (Å²) in [6.07, 6.45) is 5.52. The van der Waals surface area contributed by atoms with Crippen LogP contribution in [0.5, 0.6) is 0 Å². The molecule has 0 aromatic carbocycles. The second-order valence-electron chi connectivity index (χ2n) is 4.60. The largest absolute Gasteiger partial charge is 0.255 e. The van der Waals surface area contributed by atoms with Gasteiger partial charge in [-0.2, -0.15) is 5.10 Å². The molecule has 0 atom stereocenters. The molecule has 0 amide bonds. The van der Waals surface area contributed by atoms with Gasteiger partial charge in [-0.05, 0) is 37.3 Å². The maximum absolute atomic E-state index is 4.66. The number of nitrogens with zero attached hydrogens (tertiary/aromatic N) is 5. The Labute approximate surface area is 115 Å². The van der Waals surface area contributed by atoms with E-state index in [9.17, 15) is 0 Å². The maximum atomic E-state index is 4.66. The molecular weight excluding hydrogens is 250 g/mol. The minimum absolute atomic E-state index is 0.746. The van der Waals surface area contributed by atoms with Crippen molar-refractivity contribution in [2.45, 2.75) is 6.92 Å². The normalized spacial score (nSPS) is 11.2. The molecule has 96 valence electrons. The van der Waals surface area contributed by atoms with Crippen LogP contribution in [0.1, 0.15) is 5.82 Å². The highest BCUT2D eigenvalue weighted by Crippen LogP contribution is 2.24. The van der Waals surface area contributed by atoms with E-state index >= 15 is 0 Å². The number of fused-ring (bicyclic) bond motifs is 2. The van der Waals surface area contributed by atoms with Crippen molar-refractivity contribution in [1.29, 1.82) is 0 Å². The summed E-state index contributed by atoms with van der Waals surface area (Å²) in [5, 5.41) is 4.35. The average molecular weight is 261 g/mol. The molecule has 0 saturated carbocycles. The van der Waals surface area contributed by atoms with Crippen LogP contribution < -0.4 is 0 Å². The van der Waals surface area contributed by atoms with Crippen molar-refractivity contribution in [2.75, 3.05) is 0 Å². The van der Waals surface area contributed by atoms with Crippen molar-refractivity contribution in [3.63, 3.8) is 0 Å². The van der Waals surface area contributed by atoms with Gasteiger partial charge in [0.25, 0.3) is 0 Å². The standard InChI is InChI=1S/C15H11N5/c1-10-17-9-15-11(6-8-20(15)19-10)12-4-5-13-14(18-12)3-2-7-16-13/h2-9H,1H3. The third-order valence-electron chi connectivity index (χ3n) is 3.26. The smallest absolute Gasteiger partial charge is 0.146 e. The van der Waals surface area contributed by atoms with Gasteiger partial charge in [-0.3, -0.25) is 4.98 Å². The summed E-state index contributed by atoms with van der Waals surface area (Å²) in [5.41, 5.74) is 4.66. The zero-order valence-corrected chi connectivity index (χ0v) is 10.9. The first-order valence-corrected chi connectivity index (χ1v) is 6.34. The average Bonchev–Trinajstić information content (AvgIpc) is 2.89. The predicted octanol–water partition coefficient (Wildman–Crippen LogP) is 2.65. The van der Waals surface area contributed by atoms with E-state index in [1.54, 1.807) is 6.20 Å². The summed E-state index contributed by atoms with van der Waals surface area (Å²) >= 11 is 0. The van der Waals surface area contributed by atoms with Gasteiger partial charge in [-0.15, -0.1) is 0 Å². The monoisotopic (exact) mass is 261 g/mol. The summed E-state index contributed by atoms with van der Waals surface area (Å²) in [7, 11) is 0. The predicted molar refractivity (Wildman–Crippen MR) is 76.3 cm³/mol. The number of aryl methyl sites for hydroxylation is 1. The Bertz CT molecular complexity index is 926. The summed E-state index contributed by atoms with van der Waals surface area (Å²) < 4.78 is 1.83. The van der Waals surface area contributed by atoms with Gasteiger partial charge >= 0.3 is 0 Å². The lowest BCUT2D eigenvalue weighted by atomic mass is 10.1. The van der Waals surface area contributed by atoms with Crippen LogP contribution in [0.25, 0.3) is 27.8 Å². The van der Waals surface area contributed by atoms with E-state index in [1.807, 2.05) is 54.2 Å². The van der Waals surface area contributed by atoms with E-state index in [-0.39, 0.29) is 0 Å². The van der Waals surface area contributed by atoms with Gasteiger partial charge in [-0.1, -0.05) is 0 Å². The van der Waals surface area contributed by atoms with Crippen LogP contribution in [0.15, 0.2) is 48.9 Å². The fraction of sp³-hybridized carbons (Fsp3) is 0.0667. The topological polar surface area (TPSA) is 56.0 Å². The lowest BCUT2D eigenvalue weighted by Gasteiger charge is -2.02. The summed E-state index contributed by atoms with van der Waals surface area (Å²) in [6.45, 7) is 1.87. The van der Waals surface area contributed by atoms with Gasteiger partial charge in [0.15, 0.2) is 0 Å². The van der Waals surface area contributed by atoms with Gasteiger partial charge in [0.1, 0.15) is 5.82 Å². The first-order chi connectivity index (χ1) is 9.81. The fourth-order valence-corrected chi connectivity index (χ4v) is 2.31. The second-order valence-corrected chi connectivity index (χ2v) is 4.60. The van der Waals surface area contributed by atoms with E-state index in [0.29, 0.717) is 0 Å². The van der Waals surface area contributed by atoms with Crippen molar-refractivity contribution in [3.05, 3.63) is 54.7 Å². The van der Waals surface area contributed by atoms with Crippen LogP contribution in [-0.4, -0.2) is 24.6 Å². The van der Waals surface area contributed by atoms with Crippen molar-refractivity contribution < 1.29 is 0 Å². The van der Waals surface area contributed by atoms with E-state index in [0.717, 1.165) is 33.6 Å². The van der Waals surface area contributed by atoms with Gasteiger partial charge in [0.05, 0.1) is 28.4 Å². The zero-order valence-electron chi connectivity index (χ0n) is 10.9. The summed E-state index contributed by atoms with van der Waals surface area (Å²) in [6, 6.07) is 9.82. The molecule has 0 bridgehead atoms. The Balaban J connectivity index is 1.96. The van der Waals surface area contributed by atoms with Crippen molar-refractivity contribution in [1.82, 2.24) is 24.6 Å². The van der Waals surface area contributed by atoms with E-state index in [4.69, 9.17) is 0 Å². The fourth-order valence-electron chi connectivity index (χ4n) is 2.31. The molecule has 4 aromatic heterocycles. The quantitative estimate of drug-likeness (QED) is 0.528. The molecule has 20 heavy (non-hydrogen) atoms. The molecule has 0 aliphatic rings. The first kappa shape index (κ1) is 11.0. The van der Waals surface area contributed by atoms with Gasteiger partial charge in [0.2, 0.25) is 0 Å². The zero-order chi connectivity index (χ0) is 13.5. The molecule has 0 fully saturated rings. The lowest BCUT2D eigenvalue weighted by Crippen LogP contribution is -1.95. The molecule has 4 aromatic rings. The molecule has 0 saturated heterocycles. The van der Waals surface area contributed by atoms with Crippen LogP contribution in [0.4, 0.5) is 0 Å². The Morgan fingerprint density at radius 1 is 1.00 bits per heavy atom. The van der Waals surface area contributed by atoms with Crippen LogP contribution >= 0.6 is 0 Å². The van der Waals surface area contributed by atoms with E-state index < -0.39 is 0 Å².